The summed E-state index contributed by atoms with van der Waals surface area (Å²) in [7, 11) is 0. The van der Waals surface area contributed by atoms with Gasteiger partial charge in [0, 0.05) is 0 Å². The summed E-state index contributed by atoms with van der Waals surface area (Å²) >= 11 is 0. The van der Waals surface area contributed by atoms with Gasteiger partial charge in [-0.25, -0.2) is 4.79 Å². The van der Waals surface area contributed by atoms with Crippen molar-refractivity contribution in [2.24, 2.45) is 11.8 Å². The van der Waals surface area contributed by atoms with Crippen molar-refractivity contribution in [3.8, 4) is 0 Å². The fourth-order valence-electron chi connectivity index (χ4n) is 2.18. The number of hydrogen-bond acceptors (Lipinski definition) is 5. The second kappa shape index (κ2) is 11.1. The Bertz CT molecular complexity index is 546. The highest BCUT2D eigenvalue weighted by Gasteiger charge is 2.29. The van der Waals surface area contributed by atoms with Gasteiger partial charge < -0.3 is 26.2 Å². The van der Waals surface area contributed by atoms with Gasteiger partial charge in [0.25, 0.3) is 0 Å². The molecule has 0 aliphatic rings. The number of carbonyl (C=O) groups excluding carboxylic acids is 3. The molecule has 148 valence electrons. The summed E-state index contributed by atoms with van der Waals surface area (Å²) in [5.74, 6) is -5.63. The minimum Gasteiger partial charge on any atom is -0.480 e. The van der Waals surface area contributed by atoms with Gasteiger partial charge in [0.05, 0.1) is 0 Å². The fourth-order valence-corrected chi connectivity index (χ4v) is 2.18. The third kappa shape index (κ3) is 9.60. The van der Waals surface area contributed by atoms with Crippen LogP contribution in [0.1, 0.15) is 40.5 Å². The third-order valence-corrected chi connectivity index (χ3v) is 3.28. The van der Waals surface area contributed by atoms with Gasteiger partial charge >= 0.3 is 17.8 Å². The van der Waals surface area contributed by atoms with Crippen molar-refractivity contribution in [1.82, 2.24) is 16.0 Å². The minimum absolute atomic E-state index is 0.0213. The monoisotopic (exact) mass is 373 g/mol. The van der Waals surface area contributed by atoms with Crippen molar-refractivity contribution in [3.63, 3.8) is 0 Å². The average molecular weight is 373 g/mol. The van der Waals surface area contributed by atoms with Crippen LogP contribution in [0.25, 0.3) is 0 Å². The minimum atomic E-state index is -1.72. The predicted molar refractivity (Wildman–Crippen MR) is 91.1 cm³/mol. The second-order valence-electron chi connectivity index (χ2n) is 6.76. The molecule has 0 saturated carbocycles. The highest BCUT2D eigenvalue weighted by molar-refractivity contribution is 6.32. The number of carboxylic acids is 2. The van der Waals surface area contributed by atoms with E-state index in [0.29, 0.717) is 0 Å². The van der Waals surface area contributed by atoms with Crippen molar-refractivity contribution in [2.45, 2.75) is 52.6 Å². The summed E-state index contributed by atoms with van der Waals surface area (Å²) in [6.07, 6.45) is 0.425. The first-order valence-electron chi connectivity index (χ1n) is 8.27. The van der Waals surface area contributed by atoms with Gasteiger partial charge in [0.2, 0.25) is 11.8 Å². The molecule has 0 aromatic heterocycles. The normalized spacial score (nSPS) is 13.0. The lowest BCUT2D eigenvalue weighted by molar-refractivity contribution is -0.151. The van der Waals surface area contributed by atoms with Crippen LogP contribution in [0.3, 0.4) is 0 Å². The van der Waals surface area contributed by atoms with Gasteiger partial charge in [-0.1, -0.05) is 27.7 Å². The van der Waals surface area contributed by atoms with Crippen LogP contribution in [0.2, 0.25) is 0 Å². The van der Waals surface area contributed by atoms with Crippen LogP contribution in [-0.4, -0.2) is 58.5 Å². The Hall–Kier alpha value is -2.65. The molecule has 0 aromatic rings. The van der Waals surface area contributed by atoms with Crippen LogP contribution in [-0.2, 0) is 24.0 Å². The van der Waals surface area contributed by atoms with Crippen molar-refractivity contribution < 1.29 is 34.2 Å². The molecule has 0 aromatic carbocycles. The first-order valence-corrected chi connectivity index (χ1v) is 8.27. The molecule has 0 rings (SSSR count). The van der Waals surface area contributed by atoms with Gasteiger partial charge in [-0.3, -0.25) is 19.2 Å². The number of nitrogens with one attached hydrogen (secondary N) is 3. The third-order valence-electron chi connectivity index (χ3n) is 3.28. The van der Waals surface area contributed by atoms with Crippen molar-refractivity contribution in [1.29, 1.82) is 0 Å². The molecule has 26 heavy (non-hydrogen) atoms. The Labute approximate surface area is 151 Å². The first kappa shape index (κ1) is 23.4. The van der Waals surface area contributed by atoms with Gasteiger partial charge in [-0.15, -0.1) is 0 Å². The lowest BCUT2D eigenvalue weighted by Crippen LogP contribution is -2.55. The Balaban J connectivity index is 5.17. The maximum atomic E-state index is 12.5. The topological polar surface area (TPSA) is 162 Å². The Morgan fingerprint density at radius 3 is 1.62 bits per heavy atom. The number of aliphatic carboxylic acids is 2. The molecule has 0 aliphatic heterocycles. The summed E-state index contributed by atoms with van der Waals surface area (Å²) < 4.78 is 0. The lowest BCUT2D eigenvalue weighted by atomic mass is 10.00. The van der Waals surface area contributed by atoms with Crippen LogP contribution >= 0.6 is 0 Å². The van der Waals surface area contributed by atoms with Crippen molar-refractivity contribution in [3.05, 3.63) is 0 Å². The summed E-state index contributed by atoms with van der Waals surface area (Å²) in [5.41, 5.74) is 0. The van der Waals surface area contributed by atoms with Crippen LogP contribution in [0, 0.1) is 11.8 Å². The number of carbonyl (C=O) groups is 5. The number of rotatable bonds is 10. The number of amides is 3. The van der Waals surface area contributed by atoms with E-state index in [9.17, 15) is 24.0 Å². The van der Waals surface area contributed by atoms with Gasteiger partial charge in [0.15, 0.2) is 0 Å². The molecule has 0 fully saturated rings. The molecule has 0 aliphatic carbocycles. The molecule has 0 unspecified atom stereocenters. The van der Waals surface area contributed by atoms with E-state index in [0.717, 1.165) is 0 Å². The molecule has 0 saturated heterocycles. The van der Waals surface area contributed by atoms with Gasteiger partial charge in [-0.05, 0) is 24.7 Å². The molecule has 10 nitrogen and oxygen atoms in total. The van der Waals surface area contributed by atoms with E-state index in [1.807, 2.05) is 13.8 Å². The summed E-state index contributed by atoms with van der Waals surface area (Å²) in [5, 5.41) is 24.1. The van der Waals surface area contributed by atoms with E-state index in [4.69, 9.17) is 10.2 Å². The number of hydrogen-bond donors (Lipinski definition) is 5. The van der Waals surface area contributed by atoms with E-state index < -0.39 is 48.3 Å². The van der Waals surface area contributed by atoms with Crippen LogP contribution in [0.5, 0.6) is 0 Å². The molecule has 0 spiro atoms. The van der Waals surface area contributed by atoms with E-state index >= 15 is 0 Å². The molecule has 2 atom stereocenters. The lowest BCUT2D eigenvalue weighted by Gasteiger charge is -2.24. The van der Waals surface area contributed by atoms with Gasteiger partial charge in [-0.2, -0.15) is 0 Å². The van der Waals surface area contributed by atoms with E-state index in [-0.39, 0.29) is 24.7 Å². The van der Waals surface area contributed by atoms with E-state index in [1.165, 1.54) is 0 Å². The maximum absolute atomic E-state index is 12.5. The molecule has 10 heteroatoms. The largest absolute Gasteiger partial charge is 0.480 e. The Kier molecular flexibility index (Phi) is 9.93. The Morgan fingerprint density at radius 1 is 0.769 bits per heavy atom. The molecule has 3 amide bonds. The molecular weight excluding hydrogens is 346 g/mol. The fraction of sp³-hybridized carbons (Fsp3) is 0.688. The SMILES string of the molecule is CC(C)C[C@H](NC(=O)C(=O)O)C(=O)N[C@@H](CC(C)C)C(=O)NCC(=O)O. The maximum Gasteiger partial charge on any atom is 0.394 e. The molecule has 0 heterocycles. The van der Waals surface area contributed by atoms with E-state index in [1.54, 1.807) is 13.8 Å². The molecular formula is C16H27N3O7. The summed E-state index contributed by atoms with van der Waals surface area (Å²) in [6.45, 7) is 6.63. The van der Waals surface area contributed by atoms with Crippen LogP contribution < -0.4 is 16.0 Å². The van der Waals surface area contributed by atoms with Crippen LogP contribution in [0.15, 0.2) is 0 Å². The predicted octanol–water partition coefficient (Wildman–Crippen LogP) is -0.666. The highest BCUT2D eigenvalue weighted by Crippen LogP contribution is 2.09. The zero-order valence-electron chi connectivity index (χ0n) is 15.4. The highest BCUT2D eigenvalue weighted by atomic mass is 16.4. The number of carboxylic acid groups (broad SMARTS) is 2. The average Bonchev–Trinajstić information content (AvgIpc) is 2.49. The second-order valence-corrected chi connectivity index (χ2v) is 6.76. The van der Waals surface area contributed by atoms with Crippen molar-refractivity contribution in [2.75, 3.05) is 6.54 Å². The van der Waals surface area contributed by atoms with E-state index in [2.05, 4.69) is 16.0 Å². The zero-order chi connectivity index (χ0) is 20.4. The molecule has 5 N–H and O–H groups in total. The molecule has 0 bridgehead atoms. The molecule has 0 radical (unpaired) electrons. The Morgan fingerprint density at radius 2 is 1.23 bits per heavy atom. The van der Waals surface area contributed by atoms with Crippen molar-refractivity contribution >= 4 is 29.7 Å². The zero-order valence-corrected chi connectivity index (χ0v) is 15.4. The summed E-state index contributed by atoms with van der Waals surface area (Å²) in [6, 6.07) is -2.13. The first-order chi connectivity index (χ1) is 11.9. The van der Waals surface area contributed by atoms with Crippen LogP contribution in [0.4, 0.5) is 0 Å². The standard InChI is InChI=1S/C16H27N3O7/c1-8(2)5-10(13(22)17-7-12(20)21)18-14(23)11(6-9(3)4)19-15(24)16(25)26/h8-11H,5-7H2,1-4H3,(H,17,22)(H,18,23)(H,19,24)(H,20,21)(H,25,26)/t10-,11-/m0/s1. The van der Waals surface area contributed by atoms with Gasteiger partial charge in [0.1, 0.15) is 18.6 Å². The quantitative estimate of drug-likeness (QED) is 0.317. The smallest absolute Gasteiger partial charge is 0.394 e. The summed E-state index contributed by atoms with van der Waals surface area (Å²) in [4.78, 5) is 57.2.